The Kier molecular flexibility index (Phi) is 5.17. The van der Waals surface area contributed by atoms with E-state index in [9.17, 15) is 9.59 Å². The topological polar surface area (TPSA) is 86.4 Å². The molecule has 0 atom stereocenters. The van der Waals surface area contributed by atoms with Crippen LogP contribution in [0.4, 0.5) is 5.69 Å². The molecule has 0 spiro atoms. The van der Waals surface area contributed by atoms with Gasteiger partial charge in [0, 0.05) is 18.1 Å². The molecule has 134 valence electrons. The molecule has 0 aliphatic carbocycles. The fourth-order valence-electron chi connectivity index (χ4n) is 2.40. The molecule has 2 aromatic heterocycles. The normalized spacial score (nSPS) is 10.5. The maximum absolute atomic E-state index is 12.0. The quantitative estimate of drug-likeness (QED) is 0.689. The molecule has 1 N–H and O–H groups in total. The molecule has 26 heavy (non-hydrogen) atoms. The Balaban J connectivity index is 1.53. The van der Waals surface area contributed by atoms with E-state index in [2.05, 4.69) is 10.4 Å². The van der Waals surface area contributed by atoms with Crippen LogP contribution in [0.5, 0.6) is 0 Å². The lowest BCUT2D eigenvalue weighted by Crippen LogP contribution is -2.21. The Bertz CT molecular complexity index is 913. The average Bonchev–Trinajstić information content (AvgIpc) is 3.29. The van der Waals surface area contributed by atoms with Gasteiger partial charge in [-0.2, -0.15) is 5.10 Å². The van der Waals surface area contributed by atoms with Crippen LogP contribution in [0, 0.1) is 13.8 Å². The van der Waals surface area contributed by atoms with Crippen molar-refractivity contribution in [2.24, 2.45) is 0 Å². The van der Waals surface area contributed by atoms with Gasteiger partial charge in [0.25, 0.3) is 5.91 Å². The Morgan fingerprint density at radius 3 is 2.81 bits per heavy atom. The summed E-state index contributed by atoms with van der Waals surface area (Å²) in [5, 5.41) is 6.80. The molecule has 0 bridgehead atoms. The van der Waals surface area contributed by atoms with Gasteiger partial charge in [-0.05, 0) is 49.2 Å². The second-order valence-electron chi connectivity index (χ2n) is 5.84. The van der Waals surface area contributed by atoms with Crippen molar-refractivity contribution < 1.29 is 18.7 Å². The van der Waals surface area contributed by atoms with E-state index in [1.807, 2.05) is 26.0 Å². The van der Waals surface area contributed by atoms with Crippen LogP contribution in [-0.4, -0.2) is 28.3 Å². The second kappa shape index (κ2) is 7.69. The molecule has 0 aliphatic heterocycles. The average molecular weight is 353 g/mol. The summed E-state index contributed by atoms with van der Waals surface area (Å²) in [5.74, 6) is -0.477. The van der Waals surface area contributed by atoms with E-state index in [1.54, 1.807) is 35.3 Å². The number of ether oxygens (including phenoxy) is 1. The van der Waals surface area contributed by atoms with E-state index in [0.717, 1.165) is 11.1 Å². The van der Waals surface area contributed by atoms with E-state index < -0.39 is 11.9 Å². The Morgan fingerprint density at radius 1 is 1.19 bits per heavy atom. The highest BCUT2D eigenvalue weighted by Gasteiger charge is 2.15. The highest BCUT2D eigenvalue weighted by atomic mass is 16.5. The number of benzene rings is 1. The molecule has 2 heterocycles. The molecule has 0 aliphatic rings. The molecular formula is C19H19N3O4. The van der Waals surface area contributed by atoms with Crippen LogP contribution in [0.1, 0.15) is 27.4 Å². The minimum atomic E-state index is -0.687. The van der Waals surface area contributed by atoms with Crippen molar-refractivity contribution in [2.45, 2.75) is 20.4 Å². The molecule has 7 heteroatoms. The largest absolute Gasteiger partial charge is 0.452 e. The minimum absolute atomic E-state index is 0.0479. The number of furan rings is 1. The van der Waals surface area contributed by atoms with Gasteiger partial charge in [0.1, 0.15) is 5.76 Å². The smallest absolute Gasteiger partial charge is 0.374 e. The van der Waals surface area contributed by atoms with E-state index in [0.29, 0.717) is 18.0 Å². The highest BCUT2D eigenvalue weighted by molar-refractivity contribution is 5.95. The zero-order chi connectivity index (χ0) is 18.5. The van der Waals surface area contributed by atoms with Crippen LogP contribution < -0.4 is 5.32 Å². The number of anilines is 1. The van der Waals surface area contributed by atoms with E-state index >= 15 is 0 Å². The van der Waals surface area contributed by atoms with E-state index in [1.165, 1.54) is 6.07 Å². The van der Waals surface area contributed by atoms with Gasteiger partial charge in [0.05, 0.1) is 6.54 Å². The molecule has 3 rings (SSSR count). The fourth-order valence-corrected chi connectivity index (χ4v) is 2.40. The zero-order valence-corrected chi connectivity index (χ0v) is 14.6. The van der Waals surface area contributed by atoms with Crippen LogP contribution in [0.3, 0.4) is 0 Å². The first-order valence-electron chi connectivity index (χ1n) is 8.12. The van der Waals surface area contributed by atoms with Crippen molar-refractivity contribution in [3.63, 3.8) is 0 Å². The number of nitrogens with one attached hydrogen (secondary N) is 1. The number of esters is 1. The summed E-state index contributed by atoms with van der Waals surface area (Å²) in [6, 6.07) is 10.6. The SMILES string of the molecule is Cc1cccc(NC(=O)COC(=O)c2ccc(Cn3cccn3)o2)c1C. The van der Waals surface area contributed by atoms with Crippen molar-refractivity contribution in [1.82, 2.24) is 9.78 Å². The first kappa shape index (κ1) is 17.5. The summed E-state index contributed by atoms with van der Waals surface area (Å²) in [5.41, 5.74) is 2.74. The van der Waals surface area contributed by atoms with Gasteiger partial charge in [0.2, 0.25) is 5.76 Å². The van der Waals surface area contributed by atoms with Gasteiger partial charge < -0.3 is 14.5 Å². The van der Waals surface area contributed by atoms with Crippen LogP contribution in [0.2, 0.25) is 0 Å². The summed E-state index contributed by atoms with van der Waals surface area (Å²) in [4.78, 5) is 24.0. The molecule has 1 aromatic carbocycles. The van der Waals surface area contributed by atoms with Crippen molar-refractivity contribution >= 4 is 17.6 Å². The van der Waals surface area contributed by atoms with Crippen LogP contribution >= 0.6 is 0 Å². The van der Waals surface area contributed by atoms with Crippen LogP contribution in [0.15, 0.2) is 53.2 Å². The number of aromatic nitrogens is 2. The van der Waals surface area contributed by atoms with E-state index in [-0.39, 0.29) is 12.4 Å². The predicted octanol–water partition coefficient (Wildman–Crippen LogP) is 2.94. The van der Waals surface area contributed by atoms with Gasteiger partial charge in [-0.1, -0.05) is 12.1 Å². The molecule has 3 aromatic rings. The third kappa shape index (κ3) is 4.18. The highest BCUT2D eigenvalue weighted by Crippen LogP contribution is 2.18. The monoisotopic (exact) mass is 353 g/mol. The third-order valence-electron chi connectivity index (χ3n) is 3.95. The number of amides is 1. The van der Waals surface area contributed by atoms with Crippen LogP contribution in [-0.2, 0) is 16.1 Å². The van der Waals surface area contributed by atoms with Gasteiger partial charge in [-0.3, -0.25) is 9.48 Å². The number of carbonyl (C=O) groups excluding carboxylic acids is 2. The fraction of sp³-hybridized carbons (Fsp3) is 0.211. The lowest BCUT2D eigenvalue weighted by molar-refractivity contribution is -0.119. The Morgan fingerprint density at radius 2 is 2.04 bits per heavy atom. The summed E-state index contributed by atoms with van der Waals surface area (Å²) < 4.78 is 12.1. The molecule has 1 amide bonds. The molecular weight excluding hydrogens is 334 g/mol. The molecule has 7 nitrogen and oxygen atoms in total. The van der Waals surface area contributed by atoms with Gasteiger partial charge in [-0.25, -0.2) is 4.79 Å². The summed E-state index contributed by atoms with van der Waals surface area (Å²) in [6.45, 7) is 3.90. The zero-order valence-electron chi connectivity index (χ0n) is 14.6. The van der Waals surface area contributed by atoms with Crippen molar-refractivity contribution in [3.8, 4) is 0 Å². The summed E-state index contributed by atoms with van der Waals surface area (Å²) in [6.07, 6.45) is 3.45. The van der Waals surface area contributed by atoms with Gasteiger partial charge in [-0.15, -0.1) is 0 Å². The first-order chi connectivity index (χ1) is 12.5. The number of hydrogen-bond acceptors (Lipinski definition) is 5. The number of hydrogen-bond donors (Lipinski definition) is 1. The molecule has 0 unspecified atom stereocenters. The Labute approximate surface area is 150 Å². The van der Waals surface area contributed by atoms with Gasteiger partial charge >= 0.3 is 5.97 Å². The summed E-state index contributed by atoms with van der Waals surface area (Å²) >= 11 is 0. The minimum Gasteiger partial charge on any atom is -0.452 e. The molecule has 0 saturated heterocycles. The maximum atomic E-state index is 12.0. The first-order valence-corrected chi connectivity index (χ1v) is 8.12. The number of nitrogens with zero attached hydrogens (tertiary/aromatic N) is 2. The van der Waals surface area contributed by atoms with Crippen molar-refractivity contribution in [3.05, 3.63) is 71.4 Å². The molecule has 0 radical (unpaired) electrons. The number of aryl methyl sites for hydroxylation is 1. The third-order valence-corrected chi connectivity index (χ3v) is 3.95. The van der Waals surface area contributed by atoms with Crippen LogP contribution in [0.25, 0.3) is 0 Å². The van der Waals surface area contributed by atoms with Crippen molar-refractivity contribution in [2.75, 3.05) is 11.9 Å². The Hall–Kier alpha value is -3.35. The lowest BCUT2D eigenvalue weighted by atomic mass is 10.1. The van der Waals surface area contributed by atoms with Crippen molar-refractivity contribution in [1.29, 1.82) is 0 Å². The summed E-state index contributed by atoms with van der Waals surface area (Å²) in [7, 11) is 0. The predicted molar refractivity (Wildman–Crippen MR) is 94.9 cm³/mol. The number of rotatable bonds is 6. The number of carbonyl (C=O) groups is 2. The standard InChI is InChI=1S/C19H19N3O4/c1-13-5-3-6-16(14(13)2)21-18(23)12-25-19(24)17-8-7-15(26-17)11-22-10-4-9-20-22/h3-10H,11-12H2,1-2H3,(H,21,23). The second-order valence-corrected chi connectivity index (χ2v) is 5.84. The lowest BCUT2D eigenvalue weighted by Gasteiger charge is -2.10. The van der Waals surface area contributed by atoms with Gasteiger partial charge in [0.15, 0.2) is 6.61 Å². The maximum Gasteiger partial charge on any atom is 0.374 e. The molecule has 0 saturated carbocycles. The molecule has 0 fully saturated rings. The van der Waals surface area contributed by atoms with E-state index in [4.69, 9.17) is 9.15 Å².